The van der Waals surface area contributed by atoms with Gasteiger partial charge in [0.15, 0.2) is 0 Å². The Morgan fingerprint density at radius 1 is 1.40 bits per heavy atom. The van der Waals surface area contributed by atoms with Gasteiger partial charge in [0, 0.05) is 33.1 Å². The van der Waals surface area contributed by atoms with Gasteiger partial charge in [-0.1, -0.05) is 13.3 Å². The van der Waals surface area contributed by atoms with Crippen LogP contribution in [0.5, 0.6) is 0 Å². The molecule has 5 heteroatoms. The highest BCUT2D eigenvalue weighted by molar-refractivity contribution is 5.30. The van der Waals surface area contributed by atoms with Crippen LogP contribution in [0.1, 0.15) is 38.8 Å². The third kappa shape index (κ3) is 5.92. The van der Waals surface area contributed by atoms with Crippen LogP contribution in [0.3, 0.4) is 0 Å². The molecule has 0 aliphatic heterocycles. The zero-order chi connectivity index (χ0) is 14.8. The number of imidazole rings is 1. The quantitative estimate of drug-likeness (QED) is 0.634. The highest BCUT2D eigenvalue weighted by Crippen LogP contribution is 2.13. The Bertz CT molecular complexity index is 360. The van der Waals surface area contributed by atoms with Crippen molar-refractivity contribution < 1.29 is 9.47 Å². The normalized spacial score (nSPS) is 12.6. The van der Waals surface area contributed by atoms with E-state index in [4.69, 9.17) is 9.47 Å². The topological polar surface area (TPSA) is 48.3 Å². The number of rotatable bonds is 11. The molecule has 116 valence electrons. The number of aryl methyl sites for hydroxylation is 2. The van der Waals surface area contributed by atoms with Gasteiger partial charge >= 0.3 is 0 Å². The van der Waals surface area contributed by atoms with Gasteiger partial charge in [0.1, 0.15) is 0 Å². The van der Waals surface area contributed by atoms with Gasteiger partial charge in [0.25, 0.3) is 0 Å². The number of hydrogen-bond donors (Lipinski definition) is 1. The Morgan fingerprint density at radius 3 is 2.85 bits per heavy atom. The van der Waals surface area contributed by atoms with Gasteiger partial charge in [0.05, 0.1) is 18.3 Å². The summed E-state index contributed by atoms with van der Waals surface area (Å²) in [6, 6.07) is 0.317. The molecule has 0 saturated carbocycles. The summed E-state index contributed by atoms with van der Waals surface area (Å²) >= 11 is 0. The summed E-state index contributed by atoms with van der Waals surface area (Å²) in [6.07, 6.45) is 5.30. The minimum atomic E-state index is 0.317. The molecule has 20 heavy (non-hydrogen) atoms. The van der Waals surface area contributed by atoms with Crippen LogP contribution < -0.4 is 5.32 Å². The second kappa shape index (κ2) is 9.77. The molecule has 0 spiro atoms. The van der Waals surface area contributed by atoms with Crippen LogP contribution in [-0.4, -0.2) is 42.5 Å². The number of ether oxygens (including phenoxy) is 2. The van der Waals surface area contributed by atoms with E-state index in [0.29, 0.717) is 12.6 Å². The molecule has 0 aliphatic rings. The lowest BCUT2D eigenvalue weighted by Gasteiger charge is -2.18. The van der Waals surface area contributed by atoms with E-state index in [1.165, 1.54) is 0 Å². The molecule has 1 unspecified atom stereocenters. The number of nitrogens with one attached hydrogen (secondary N) is 1. The fourth-order valence-electron chi connectivity index (χ4n) is 2.24. The molecule has 1 N–H and O–H groups in total. The van der Waals surface area contributed by atoms with Crippen LogP contribution in [-0.2, 0) is 16.0 Å². The fourth-order valence-corrected chi connectivity index (χ4v) is 2.24. The first-order valence-electron chi connectivity index (χ1n) is 7.58. The molecule has 0 fully saturated rings. The largest absolute Gasteiger partial charge is 0.383 e. The van der Waals surface area contributed by atoms with Crippen molar-refractivity contribution in [2.75, 3.05) is 32.2 Å². The van der Waals surface area contributed by atoms with Gasteiger partial charge in [-0.3, -0.25) is 0 Å². The lowest BCUT2D eigenvalue weighted by atomic mass is 10.2. The van der Waals surface area contributed by atoms with Crippen molar-refractivity contribution in [3.8, 4) is 0 Å². The number of methoxy groups -OCH3 is 1. The van der Waals surface area contributed by atoms with Gasteiger partial charge in [-0.05, 0) is 26.7 Å². The second-order valence-corrected chi connectivity index (χ2v) is 5.04. The smallest absolute Gasteiger partial charge is 0.203 e. The van der Waals surface area contributed by atoms with Gasteiger partial charge in [-0.25, -0.2) is 4.98 Å². The predicted molar refractivity (Wildman–Crippen MR) is 82.3 cm³/mol. The number of hydrogen-bond acceptors (Lipinski definition) is 4. The van der Waals surface area contributed by atoms with Crippen molar-refractivity contribution in [2.45, 2.75) is 52.6 Å². The number of nitrogens with zero attached hydrogens (tertiary/aromatic N) is 2. The Kier molecular flexibility index (Phi) is 8.30. The van der Waals surface area contributed by atoms with Crippen molar-refractivity contribution in [1.29, 1.82) is 0 Å². The summed E-state index contributed by atoms with van der Waals surface area (Å²) < 4.78 is 12.8. The second-order valence-electron chi connectivity index (χ2n) is 5.04. The van der Waals surface area contributed by atoms with Crippen LogP contribution in [0.4, 0.5) is 5.95 Å². The highest BCUT2D eigenvalue weighted by atomic mass is 16.5. The molecule has 0 aliphatic carbocycles. The SMILES string of the molecule is CCCC(COC)Nc1nc(C)cn1CCCOCC. The van der Waals surface area contributed by atoms with Gasteiger partial charge < -0.3 is 19.4 Å². The molecular formula is C15H29N3O2. The van der Waals surface area contributed by atoms with Gasteiger partial charge in [0.2, 0.25) is 5.95 Å². The summed E-state index contributed by atoms with van der Waals surface area (Å²) in [5.41, 5.74) is 1.04. The molecule has 1 aromatic heterocycles. The van der Waals surface area contributed by atoms with Crippen molar-refractivity contribution >= 4 is 5.95 Å². The van der Waals surface area contributed by atoms with E-state index in [1.54, 1.807) is 7.11 Å². The monoisotopic (exact) mass is 283 g/mol. The summed E-state index contributed by atoms with van der Waals surface area (Å²) in [6.45, 7) is 9.44. The third-order valence-electron chi connectivity index (χ3n) is 3.13. The van der Waals surface area contributed by atoms with Crippen LogP contribution >= 0.6 is 0 Å². The number of aromatic nitrogens is 2. The Balaban J connectivity index is 2.58. The molecule has 0 aromatic carbocycles. The van der Waals surface area contributed by atoms with E-state index in [-0.39, 0.29) is 0 Å². The third-order valence-corrected chi connectivity index (χ3v) is 3.13. The van der Waals surface area contributed by atoms with E-state index in [9.17, 15) is 0 Å². The average molecular weight is 283 g/mol. The standard InChI is InChI=1S/C15H29N3O2/c1-5-8-14(12-19-4)17-15-16-13(3)11-18(15)9-7-10-20-6-2/h11,14H,5-10,12H2,1-4H3,(H,16,17). The van der Waals surface area contributed by atoms with E-state index in [1.807, 2.05) is 13.8 Å². The fraction of sp³-hybridized carbons (Fsp3) is 0.800. The molecule has 0 radical (unpaired) electrons. The summed E-state index contributed by atoms with van der Waals surface area (Å²) in [4.78, 5) is 4.57. The lowest BCUT2D eigenvalue weighted by molar-refractivity contribution is 0.141. The molecule has 1 atom stereocenters. The van der Waals surface area contributed by atoms with Crippen molar-refractivity contribution in [2.24, 2.45) is 0 Å². The van der Waals surface area contributed by atoms with E-state index >= 15 is 0 Å². The Morgan fingerprint density at radius 2 is 2.20 bits per heavy atom. The molecule has 5 nitrogen and oxygen atoms in total. The molecule has 0 bridgehead atoms. The summed E-state index contributed by atoms with van der Waals surface area (Å²) in [5, 5.41) is 3.50. The van der Waals surface area contributed by atoms with E-state index in [0.717, 1.165) is 50.7 Å². The van der Waals surface area contributed by atoms with E-state index in [2.05, 4.69) is 28.0 Å². The number of anilines is 1. The molecular weight excluding hydrogens is 254 g/mol. The van der Waals surface area contributed by atoms with Crippen molar-refractivity contribution in [3.05, 3.63) is 11.9 Å². The van der Waals surface area contributed by atoms with E-state index < -0.39 is 0 Å². The highest BCUT2D eigenvalue weighted by Gasteiger charge is 2.12. The van der Waals surface area contributed by atoms with Crippen molar-refractivity contribution in [3.63, 3.8) is 0 Å². The maximum atomic E-state index is 5.39. The molecule has 1 rings (SSSR count). The minimum Gasteiger partial charge on any atom is -0.383 e. The molecule has 0 saturated heterocycles. The Labute approximate surface area is 122 Å². The molecule has 1 heterocycles. The zero-order valence-electron chi connectivity index (χ0n) is 13.3. The predicted octanol–water partition coefficient (Wildman–Crippen LogP) is 2.85. The summed E-state index contributed by atoms with van der Waals surface area (Å²) in [5.74, 6) is 0.939. The van der Waals surface area contributed by atoms with Crippen LogP contribution in [0.25, 0.3) is 0 Å². The van der Waals surface area contributed by atoms with Crippen molar-refractivity contribution in [1.82, 2.24) is 9.55 Å². The Hall–Kier alpha value is -1.07. The average Bonchev–Trinajstić information content (AvgIpc) is 2.75. The minimum absolute atomic E-state index is 0.317. The molecule has 0 amide bonds. The first-order chi connectivity index (χ1) is 9.71. The maximum absolute atomic E-state index is 5.39. The van der Waals surface area contributed by atoms with Crippen LogP contribution in [0, 0.1) is 6.92 Å². The summed E-state index contributed by atoms with van der Waals surface area (Å²) in [7, 11) is 1.74. The first-order valence-corrected chi connectivity index (χ1v) is 7.58. The lowest BCUT2D eigenvalue weighted by Crippen LogP contribution is -2.26. The van der Waals surface area contributed by atoms with Crippen LogP contribution in [0.2, 0.25) is 0 Å². The zero-order valence-corrected chi connectivity index (χ0v) is 13.3. The maximum Gasteiger partial charge on any atom is 0.203 e. The van der Waals surface area contributed by atoms with Gasteiger partial charge in [-0.2, -0.15) is 0 Å². The first kappa shape index (κ1) is 17.0. The van der Waals surface area contributed by atoms with Crippen LogP contribution in [0.15, 0.2) is 6.20 Å². The van der Waals surface area contributed by atoms with Gasteiger partial charge in [-0.15, -0.1) is 0 Å². The molecule has 1 aromatic rings.